The van der Waals surface area contributed by atoms with Crippen molar-refractivity contribution in [3.63, 3.8) is 0 Å². The van der Waals surface area contributed by atoms with E-state index in [1.807, 2.05) is 0 Å². The summed E-state index contributed by atoms with van der Waals surface area (Å²) in [7, 11) is -4.66. The molecule has 0 atom stereocenters. The predicted molar refractivity (Wildman–Crippen MR) is 40.5 cm³/mol. The van der Waals surface area contributed by atoms with Gasteiger partial charge in [0.05, 0.1) is 0 Å². The van der Waals surface area contributed by atoms with Gasteiger partial charge in [-0.2, -0.15) is 4.39 Å². The molecule has 0 aromatic carbocycles. The van der Waals surface area contributed by atoms with Crippen molar-refractivity contribution in [2.45, 2.75) is 11.3 Å². The summed E-state index contributed by atoms with van der Waals surface area (Å²) in [6.07, 6.45) is -3.21. The fourth-order valence-electron chi connectivity index (χ4n) is 0.855. The molecule has 1 aromatic rings. The maximum atomic E-state index is 12.9. The van der Waals surface area contributed by atoms with Crippen LogP contribution >= 0.6 is 0 Å². The van der Waals surface area contributed by atoms with Gasteiger partial charge in [-0.05, 0) is 0 Å². The molecule has 0 radical (unpaired) electrons. The average Bonchev–Trinajstić information content (AvgIpc) is 1.99. The van der Waals surface area contributed by atoms with Gasteiger partial charge in [-0.25, -0.2) is 31.7 Å². The first-order valence-corrected chi connectivity index (χ1v) is 4.95. The van der Waals surface area contributed by atoms with Crippen molar-refractivity contribution < 1.29 is 26.0 Å². The van der Waals surface area contributed by atoms with E-state index < -0.39 is 38.8 Å². The zero-order valence-corrected chi connectivity index (χ0v) is 7.73. The van der Waals surface area contributed by atoms with Gasteiger partial charge >= 0.3 is 0 Å². The standard InChI is InChI=1S/C6H4F4N2O2S/c7-2-1-3(5(8)9)12-6(10)4(2)15(11,13)14/h1,5H,(H2,11,13,14). The zero-order chi connectivity index (χ0) is 11.8. The minimum Gasteiger partial charge on any atom is -0.224 e. The lowest BCUT2D eigenvalue weighted by molar-refractivity contribution is 0.143. The smallest absolute Gasteiger partial charge is 0.224 e. The first-order chi connectivity index (χ1) is 6.73. The van der Waals surface area contributed by atoms with Crippen LogP contribution in [0.25, 0.3) is 0 Å². The van der Waals surface area contributed by atoms with Gasteiger partial charge in [0.2, 0.25) is 16.0 Å². The van der Waals surface area contributed by atoms with Gasteiger partial charge < -0.3 is 0 Å². The van der Waals surface area contributed by atoms with Crippen molar-refractivity contribution in [2.75, 3.05) is 0 Å². The number of rotatable bonds is 2. The summed E-state index contributed by atoms with van der Waals surface area (Å²) in [5.74, 6) is -3.58. The summed E-state index contributed by atoms with van der Waals surface area (Å²) in [5.41, 5.74) is -1.20. The van der Waals surface area contributed by atoms with Crippen LogP contribution in [0.15, 0.2) is 11.0 Å². The Balaban J connectivity index is 3.48. The largest absolute Gasteiger partial charge is 0.280 e. The van der Waals surface area contributed by atoms with Crippen LogP contribution in [-0.2, 0) is 10.0 Å². The number of hydrogen-bond donors (Lipinski definition) is 1. The Kier molecular flexibility index (Phi) is 2.95. The molecule has 4 nitrogen and oxygen atoms in total. The van der Waals surface area contributed by atoms with Gasteiger partial charge in [0.25, 0.3) is 6.43 Å². The number of halogens is 4. The molecule has 0 bridgehead atoms. The summed E-state index contributed by atoms with van der Waals surface area (Å²) < 4.78 is 70.9. The molecular formula is C6H4F4N2O2S. The van der Waals surface area contributed by atoms with Gasteiger partial charge in [0, 0.05) is 6.07 Å². The van der Waals surface area contributed by atoms with E-state index in [2.05, 4.69) is 10.1 Å². The quantitative estimate of drug-likeness (QED) is 0.621. The van der Waals surface area contributed by atoms with Crippen LogP contribution in [0.5, 0.6) is 0 Å². The third-order valence-electron chi connectivity index (χ3n) is 1.41. The van der Waals surface area contributed by atoms with Crippen molar-refractivity contribution in [1.82, 2.24) is 4.98 Å². The normalized spacial score (nSPS) is 12.1. The third-order valence-corrected chi connectivity index (χ3v) is 2.35. The SMILES string of the molecule is NS(=O)(=O)c1c(F)cc(C(F)F)nc1F. The lowest BCUT2D eigenvalue weighted by Gasteiger charge is -2.04. The highest BCUT2D eigenvalue weighted by atomic mass is 32.2. The van der Waals surface area contributed by atoms with Crippen LogP contribution in [0.4, 0.5) is 17.6 Å². The minimum atomic E-state index is -4.66. The van der Waals surface area contributed by atoms with Crippen LogP contribution in [0, 0.1) is 11.8 Å². The molecule has 1 rings (SSSR count). The number of hydrogen-bond acceptors (Lipinski definition) is 3. The molecule has 0 spiro atoms. The Morgan fingerprint density at radius 2 is 1.87 bits per heavy atom. The zero-order valence-electron chi connectivity index (χ0n) is 6.92. The molecule has 0 aliphatic rings. The van der Waals surface area contributed by atoms with Gasteiger partial charge in [0.15, 0.2) is 4.90 Å². The van der Waals surface area contributed by atoms with E-state index in [4.69, 9.17) is 0 Å². The number of aromatic nitrogens is 1. The second-order valence-corrected chi connectivity index (χ2v) is 3.99. The molecule has 2 N–H and O–H groups in total. The average molecular weight is 244 g/mol. The number of pyridine rings is 1. The molecule has 0 fully saturated rings. The van der Waals surface area contributed by atoms with Crippen molar-refractivity contribution in [1.29, 1.82) is 0 Å². The van der Waals surface area contributed by atoms with Crippen LogP contribution in [0.1, 0.15) is 12.1 Å². The van der Waals surface area contributed by atoms with E-state index in [9.17, 15) is 26.0 Å². The van der Waals surface area contributed by atoms with E-state index in [1.165, 1.54) is 0 Å². The molecule has 9 heteroatoms. The van der Waals surface area contributed by atoms with Gasteiger partial charge in [-0.15, -0.1) is 0 Å². The summed E-state index contributed by atoms with van der Waals surface area (Å²) in [6.45, 7) is 0. The van der Waals surface area contributed by atoms with Crippen molar-refractivity contribution in [2.24, 2.45) is 5.14 Å². The fraction of sp³-hybridized carbons (Fsp3) is 0.167. The number of nitrogens with two attached hydrogens (primary N) is 1. The lowest BCUT2D eigenvalue weighted by atomic mass is 10.3. The molecule has 15 heavy (non-hydrogen) atoms. The Morgan fingerprint density at radius 1 is 1.33 bits per heavy atom. The Labute approximate surface area is 81.8 Å². The first kappa shape index (κ1) is 11.9. The minimum absolute atomic E-state index is 0.119. The molecule has 84 valence electrons. The van der Waals surface area contributed by atoms with Gasteiger partial charge in [-0.1, -0.05) is 0 Å². The van der Waals surface area contributed by atoms with E-state index in [1.54, 1.807) is 0 Å². The second kappa shape index (κ2) is 3.74. The maximum Gasteiger partial charge on any atom is 0.280 e. The molecule has 0 aliphatic heterocycles. The van der Waals surface area contributed by atoms with E-state index in [0.29, 0.717) is 0 Å². The van der Waals surface area contributed by atoms with E-state index in [-0.39, 0.29) is 6.07 Å². The monoisotopic (exact) mass is 244 g/mol. The molecule has 0 saturated carbocycles. The summed E-state index contributed by atoms with van der Waals surface area (Å²) >= 11 is 0. The molecule has 1 heterocycles. The van der Waals surface area contributed by atoms with Crippen molar-refractivity contribution >= 4 is 10.0 Å². The molecule has 1 aromatic heterocycles. The summed E-state index contributed by atoms with van der Waals surface area (Å²) in [5, 5.41) is 4.45. The highest BCUT2D eigenvalue weighted by Gasteiger charge is 2.24. The third kappa shape index (κ3) is 2.42. The lowest BCUT2D eigenvalue weighted by Crippen LogP contribution is -2.17. The first-order valence-electron chi connectivity index (χ1n) is 3.40. The van der Waals surface area contributed by atoms with Crippen LogP contribution < -0.4 is 5.14 Å². The van der Waals surface area contributed by atoms with E-state index >= 15 is 0 Å². The second-order valence-electron chi connectivity index (χ2n) is 2.49. The van der Waals surface area contributed by atoms with Gasteiger partial charge in [-0.3, -0.25) is 0 Å². The van der Waals surface area contributed by atoms with Crippen molar-refractivity contribution in [3.05, 3.63) is 23.5 Å². The summed E-state index contributed by atoms with van der Waals surface area (Å²) in [4.78, 5) is 1.06. The maximum absolute atomic E-state index is 12.9. The Morgan fingerprint density at radius 3 is 2.20 bits per heavy atom. The number of primary sulfonamides is 1. The predicted octanol–water partition coefficient (Wildman–Crippen LogP) is 0.945. The van der Waals surface area contributed by atoms with Crippen LogP contribution in [-0.4, -0.2) is 13.4 Å². The molecule has 0 aliphatic carbocycles. The van der Waals surface area contributed by atoms with Crippen LogP contribution in [0.3, 0.4) is 0 Å². The summed E-state index contributed by atoms with van der Waals surface area (Å²) in [6, 6.07) is 0.119. The number of sulfonamides is 1. The number of nitrogens with zero attached hydrogens (tertiary/aromatic N) is 1. The van der Waals surface area contributed by atoms with Crippen LogP contribution in [0.2, 0.25) is 0 Å². The van der Waals surface area contributed by atoms with Crippen molar-refractivity contribution in [3.8, 4) is 0 Å². The Bertz CT molecular complexity index is 465. The van der Waals surface area contributed by atoms with Gasteiger partial charge in [0.1, 0.15) is 11.5 Å². The Hall–Kier alpha value is -1.22. The molecular weight excluding hydrogens is 240 g/mol. The highest BCUT2D eigenvalue weighted by Crippen LogP contribution is 2.22. The number of alkyl halides is 2. The highest BCUT2D eigenvalue weighted by molar-refractivity contribution is 7.89. The fourth-order valence-corrected chi connectivity index (χ4v) is 1.47. The van der Waals surface area contributed by atoms with E-state index in [0.717, 1.165) is 0 Å². The molecule has 0 amide bonds. The molecule has 0 unspecified atom stereocenters. The molecule has 0 saturated heterocycles. The topological polar surface area (TPSA) is 73.1 Å².